The largest absolute Gasteiger partial charge is 0.478 e. The average Bonchev–Trinajstić information content (AvgIpc) is 3.12. The molecule has 0 heterocycles. The van der Waals surface area contributed by atoms with Gasteiger partial charge in [-0.25, -0.2) is 14.0 Å². The number of fused-ring (bicyclic) bond motifs is 5. The van der Waals surface area contributed by atoms with Gasteiger partial charge in [0.2, 0.25) is 5.67 Å². The van der Waals surface area contributed by atoms with Gasteiger partial charge in [0.1, 0.15) is 6.10 Å². The van der Waals surface area contributed by atoms with E-state index in [1.807, 2.05) is 13.8 Å². The van der Waals surface area contributed by atoms with Crippen LogP contribution in [0, 0.1) is 45.8 Å². The zero-order chi connectivity index (χ0) is 30.9. The van der Waals surface area contributed by atoms with Crippen molar-refractivity contribution in [2.24, 2.45) is 45.8 Å². The molecule has 0 amide bonds. The van der Waals surface area contributed by atoms with E-state index in [0.29, 0.717) is 55.6 Å². The molecule has 0 spiro atoms. The highest BCUT2D eigenvalue weighted by molar-refractivity contribution is 5.88. The number of carboxylic acid groups (broad SMARTS) is 1. The smallest absolute Gasteiger partial charge is 0.343 e. The van der Waals surface area contributed by atoms with E-state index in [1.54, 1.807) is 0 Å². The summed E-state index contributed by atoms with van der Waals surface area (Å²) in [6, 6.07) is 0. The highest BCUT2D eigenvalue weighted by Crippen LogP contribution is 2.74. The lowest BCUT2D eigenvalue weighted by Gasteiger charge is -2.70. The summed E-state index contributed by atoms with van der Waals surface area (Å²) in [5.74, 6) is -2.52. The fraction of sp³-hybridized carbons (Fsp3) is 0.879. The Morgan fingerprint density at radius 3 is 2.29 bits per heavy atom. The molecular formula is C33H53FO7. The molecule has 4 rings (SSSR count). The van der Waals surface area contributed by atoms with Crippen molar-refractivity contribution in [1.82, 2.24) is 0 Å². The van der Waals surface area contributed by atoms with Crippen molar-refractivity contribution in [3.63, 3.8) is 0 Å². The molecule has 11 atom stereocenters. The monoisotopic (exact) mass is 580 g/mol. The number of alkyl halides is 1. The van der Waals surface area contributed by atoms with Gasteiger partial charge < -0.3 is 25.2 Å². The SMILES string of the molecule is CC(C)CCC/C(C(=O)O)=C1/C(O)CC2(C)C1CCC1C3(C)CCC(O)C(C)C3C(OC(=O)C(C)(C)F)C(O)C12C. The highest BCUT2D eigenvalue weighted by atomic mass is 19.1. The van der Waals surface area contributed by atoms with Crippen LogP contribution in [0.3, 0.4) is 0 Å². The third-order valence-corrected chi connectivity index (χ3v) is 12.4. The average molecular weight is 581 g/mol. The zero-order valence-electron chi connectivity index (χ0n) is 26.2. The van der Waals surface area contributed by atoms with E-state index in [0.717, 1.165) is 26.7 Å². The standard InChI is InChI=1S/C33H53FO7/c1-17(2)10-9-11-19(28(38)39)24-20-12-13-23-31(6)15-14-21(35)18(3)25(31)26(41-29(40)30(4,5)34)27(37)33(23,8)32(20,7)16-22(24)36/h17-18,20-23,25-27,35-37H,9-16H2,1-8H3,(H,38,39)/b24-19-. The molecule has 0 radical (unpaired) electrons. The van der Waals surface area contributed by atoms with Gasteiger partial charge in [0, 0.05) is 16.9 Å². The second-order valence-electron chi connectivity index (χ2n) is 15.4. The molecule has 4 aliphatic carbocycles. The molecule has 8 heteroatoms. The van der Waals surface area contributed by atoms with Gasteiger partial charge in [-0.05, 0) is 98.9 Å². The van der Waals surface area contributed by atoms with Crippen LogP contribution < -0.4 is 0 Å². The van der Waals surface area contributed by atoms with Gasteiger partial charge in [0.15, 0.2) is 0 Å². The minimum absolute atomic E-state index is 0.0275. The summed E-state index contributed by atoms with van der Waals surface area (Å²) in [5, 5.41) is 45.0. The maximum Gasteiger partial charge on any atom is 0.343 e. The van der Waals surface area contributed by atoms with Crippen LogP contribution in [0.15, 0.2) is 11.1 Å². The molecule has 7 nitrogen and oxygen atoms in total. The number of carbonyl (C=O) groups is 2. The fourth-order valence-electron chi connectivity index (χ4n) is 10.1. The lowest BCUT2D eigenvalue weighted by Crippen LogP contribution is -2.72. The quantitative estimate of drug-likeness (QED) is 0.233. The highest BCUT2D eigenvalue weighted by Gasteiger charge is 2.74. The Morgan fingerprint density at radius 1 is 1.10 bits per heavy atom. The van der Waals surface area contributed by atoms with Gasteiger partial charge in [-0.15, -0.1) is 0 Å². The Morgan fingerprint density at radius 2 is 1.73 bits per heavy atom. The molecule has 0 aromatic carbocycles. The van der Waals surface area contributed by atoms with Crippen LogP contribution in [0.1, 0.15) is 107 Å². The molecule has 4 fully saturated rings. The number of hydrogen-bond acceptors (Lipinski definition) is 6. The molecular weight excluding hydrogens is 527 g/mol. The first-order chi connectivity index (χ1) is 18.8. The van der Waals surface area contributed by atoms with E-state index < -0.39 is 58.3 Å². The summed E-state index contributed by atoms with van der Waals surface area (Å²) in [6.45, 7) is 14.7. The number of aliphatic hydroxyl groups is 3. The lowest BCUT2D eigenvalue weighted by molar-refractivity contribution is -0.290. The molecule has 4 aliphatic rings. The summed E-state index contributed by atoms with van der Waals surface area (Å²) in [5.41, 5.74) is -3.34. The second kappa shape index (κ2) is 10.9. The number of carboxylic acids is 1. The molecule has 0 aromatic rings. The Labute approximate surface area is 244 Å². The number of esters is 1. The first kappa shape index (κ1) is 32.4. The summed E-state index contributed by atoms with van der Waals surface area (Å²) in [4.78, 5) is 25.5. The number of hydrogen-bond donors (Lipinski definition) is 4. The van der Waals surface area contributed by atoms with Crippen molar-refractivity contribution in [2.75, 3.05) is 0 Å². The molecule has 41 heavy (non-hydrogen) atoms. The van der Waals surface area contributed by atoms with Crippen LogP contribution in [-0.4, -0.2) is 62.4 Å². The number of halogens is 1. The molecule has 0 bridgehead atoms. The van der Waals surface area contributed by atoms with Crippen LogP contribution in [0.5, 0.6) is 0 Å². The number of aliphatic carboxylic acids is 1. The van der Waals surface area contributed by atoms with Crippen LogP contribution in [0.4, 0.5) is 4.39 Å². The summed E-state index contributed by atoms with van der Waals surface area (Å²) < 4.78 is 20.7. The van der Waals surface area contributed by atoms with Gasteiger partial charge >= 0.3 is 11.9 Å². The molecule has 0 saturated heterocycles. The molecule has 4 N–H and O–H groups in total. The van der Waals surface area contributed by atoms with E-state index in [2.05, 4.69) is 27.7 Å². The minimum atomic E-state index is -2.25. The van der Waals surface area contributed by atoms with Crippen molar-refractivity contribution in [2.45, 2.75) is 137 Å². The van der Waals surface area contributed by atoms with E-state index in [9.17, 15) is 34.4 Å². The van der Waals surface area contributed by atoms with Crippen LogP contribution in [0.25, 0.3) is 0 Å². The predicted molar refractivity (Wildman–Crippen MR) is 153 cm³/mol. The van der Waals surface area contributed by atoms with Gasteiger partial charge in [-0.1, -0.05) is 48.0 Å². The van der Waals surface area contributed by atoms with Crippen LogP contribution >= 0.6 is 0 Å². The van der Waals surface area contributed by atoms with Crippen molar-refractivity contribution >= 4 is 11.9 Å². The van der Waals surface area contributed by atoms with Crippen molar-refractivity contribution < 1.29 is 39.1 Å². The Kier molecular flexibility index (Phi) is 8.60. The van der Waals surface area contributed by atoms with Gasteiger partial charge in [0.25, 0.3) is 0 Å². The van der Waals surface area contributed by atoms with E-state index in [-0.39, 0.29) is 23.7 Å². The molecule has 0 aliphatic heterocycles. The fourth-order valence-corrected chi connectivity index (χ4v) is 10.1. The summed E-state index contributed by atoms with van der Waals surface area (Å²) in [6.07, 6.45) is 1.17. The normalized spacial score (nSPS) is 45.5. The third-order valence-electron chi connectivity index (χ3n) is 12.4. The minimum Gasteiger partial charge on any atom is -0.478 e. The lowest BCUT2D eigenvalue weighted by atomic mass is 9.35. The topological polar surface area (TPSA) is 124 Å². The van der Waals surface area contributed by atoms with E-state index >= 15 is 0 Å². The number of rotatable bonds is 7. The van der Waals surface area contributed by atoms with Gasteiger partial charge in [0.05, 0.1) is 18.3 Å². The van der Waals surface area contributed by atoms with Crippen LogP contribution in [-0.2, 0) is 14.3 Å². The summed E-state index contributed by atoms with van der Waals surface area (Å²) in [7, 11) is 0. The number of ether oxygens (including phenoxy) is 1. The third kappa shape index (κ3) is 4.98. The predicted octanol–water partition coefficient (Wildman–Crippen LogP) is 5.45. The molecule has 234 valence electrons. The van der Waals surface area contributed by atoms with Crippen LogP contribution in [0.2, 0.25) is 0 Å². The Hall–Kier alpha value is -1.51. The summed E-state index contributed by atoms with van der Waals surface area (Å²) >= 11 is 0. The maximum atomic E-state index is 14.8. The Bertz CT molecular complexity index is 1060. The van der Waals surface area contributed by atoms with Crippen molar-refractivity contribution in [3.05, 3.63) is 11.1 Å². The zero-order valence-corrected chi connectivity index (χ0v) is 26.2. The maximum absolute atomic E-state index is 14.8. The van der Waals surface area contributed by atoms with Crippen molar-refractivity contribution in [3.8, 4) is 0 Å². The second-order valence-corrected chi connectivity index (χ2v) is 15.4. The number of carbonyl (C=O) groups excluding carboxylic acids is 1. The van der Waals surface area contributed by atoms with E-state index in [1.165, 1.54) is 0 Å². The first-order valence-electron chi connectivity index (χ1n) is 15.7. The van der Waals surface area contributed by atoms with Crippen molar-refractivity contribution in [1.29, 1.82) is 0 Å². The first-order valence-corrected chi connectivity index (χ1v) is 15.7. The number of aliphatic hydroxyl groups excluding tert-OH is 3. The molecule has 4 saturated carbocycles. The van der Waals surface area contributed by atoms with Gasteiger partial charge in [-0.2, -0.15) is 0 Å². The Balaban J connectivity index is 1.84. The molecule has 11 unspecified atom stereocenters. The molecule has 0 aromatic heterocycles. The van der Waals surface area contributed by atoms with E-state index in [4.69, 9.17) is 4.74 Å². The van der Waals surface area contributed by atoms with Gasteiger partial charge in [-0.3, -0.25) is 0 Å².